The van der Waals surface area contributed by atoms with Gasteiger partial charge < -0.3 is 10.2 Å². The summed E-state index contributed by atoms with van der Waals surface area (Å²) >= 11 is 0. The van der Waals surface area contributed by atoms with E-state index in [0.29, 0.717) is 0 Å². The van der Waals surface area contributed by atoms with Crippen molar-refractivity contribution in [3.05, 3.63) is 0 Å². The van der Waals surface area contributed by atoms with Crippen molar-refractivity contribution in [3.8, 4) is 0 Å². The van der Waals surface area contributed by atoms with Gasteiger partial charge in [-0.25, -0.2) is 0 Å². The Hall–Kier alpha value is -0.120. The Balaban J connectivity index is 1.83. The predicted octanol–water partition coefficient (Wildman–Crippen LogP) is 1.79. The molecule has 2 aliphatic heterocycles. The van der Waals surface area contributed by atoms with Gasteiger partial charge in [0.25, 0.3) is 0 Å². The van der Waals surface area contributed by atoms with Crippen LogP contribution in [0.5, 0.6) is 0 Å². The van der Waals surface area contributed by atoms with E-state index in [2.05, 4.69) is 35.9 Å². The zero-order valence-electron chi connectivity index (χ0n) is 12.5. The maximum atomic E-state index is 3.64. The molecule has 3 unspecified atom stereocenters. The van der Waals surface area contributed by atoms with Crippen LogP contribution < -0.4 is 5.32 Å². The molecule has 0 aromatic heterocycles. The van der Waals surface area contributed by atoms with Gasteiger partial charge in [0.05, 0.1) is 0 Å². The minimum Gasteiger partial charge on any atom is -0.314 e. The molecule has 2 saturated heterocycles. The number of nitrogens with zero attached hydrogens (tertiary/aromatic N) is 2. The number of nitrogens with one attached hydrogen (secondary N) is 1. The fourth-order valence-corrected chi connectivity index (χ4v) is 3.69. The van der Waals surface area contributed by atoms with E-state index in [-0.39, 0.29) is 0 Å². The molecular formula is C15H31N3. The molecule has 0 aliphatic carbocycles. The van der Waals surface area contributed by atoms with Crippen molar-refractivity contribution in [2.45, 2.75) is 52.1 Å². The smallest absolute Gasteiger partial charge is 0.0223 e. The van der Waals surface area contributed by atoms with E-state index in [9.17, 15) is 0 Å². The topological polar surface area (TPSA) is 18.5 Å². The SMILES string of the molecule is CCNC1CCN(C2CCCN(CC)C2)CC1C. The summed E-state index contributed by atoms with van der Waals surface area (Å²) in [6.45, 7) is 14.5. The molecule has 2 fully saturated rings. The molecule has 106 valence electrons. The van der Waals surface area contributed by atoms with Crippen LogP contribution in [-0.4, -0.2) is 61.2 Å². The van der Waals surface area contributed by atoms with Crippen LogP contribution in [0.3, 0.4) is 0 Å². The molecule has 0 aromatic rings. The van der Waals surface area contributed by atoms with Crippen molar-refractivity contribution in [2.75, 3.05) is 39.3 Å². The quantitative estimate of drug-likeness (QED) is 0.824. The van der Waals surface area contributed by atoms with Gasteiger partial charge in [-0.05, 0) is 51.4 Å². The van der Waals surface area contributed by atoms with E-state index in [0.717, 1.165) is 24.5 Å². The largest absolute Gasteiger partial charge is 0.314 e. The lowest BCUT2D eigenvalue weighted by molar-refractivity contribution is 0.0560. The van der Waals surface area contributed by atoms with Gasteiger partial charge in [-0.1, -0.05) is 20.8 Å². The van der Waals surface area contributed by atoms with Crippen LogP contribution in [0, 0.1) is 5.92 Å². The Kier molecular flexibility index (Phi) is 5.46. The zero-order chi connectivity index (χ0) is 13.0. The normalized spacial score (nSPS) is 35.8. The minimum atomic E-state index is 0.747. The summed E-state index contributed by atoms with van der Waals surface area (Å²) in [5.41, 5.74) is 0. The van der Waals surface area contributed by atoms with E-state index < -0.39 is 0 Å². The molecule has 3 atom stereocenters. The molecule has 0 radical (unpaired) electrons. The molecule has 1 N–H and O–H groups in total. The molecule has 2 rings (SSSR count). The highest BCUT2D eigenvalue weighted by atomic mass is 15.2. The van der Waals surface area contributed by atoms with Crippen molar-refractivity contribution < 1.29 is 0 Å². The Morgan fingerprint density at radius 3 is 2.61 bits per heavy atom. The number of rotatable bonds is 4. The third-order valence-electron chi connectivity index (χ3n) is 4.85. The summed E-state index contributed by atoms with van der Waals surface area (Å²) in [7, 11) is 0. The third-order valence-corrected chi connectivity index (χ3v) is 4.85. The first-order chi connectivity index (χ1) is 8.74. The lowest BCUT2D eigenvalue weighted by Crippen LogP contribution is -2.55. The van der Waals surface area contributed by atoms with E-state index >= 15 is 0 Å². The fraction of sp³-hybridized carbons (Fsp3) is 1.00. The molecule has 0 bridgehead atoms. The van der Waals surface area contributed by atoms with Gasteiger partial charge in [-0.3, -0.25) is 4.90 Å². The summed E-state index contributed by atoms with van der Waals surface area (Å²) in [6, 6.07) is 1.57. The highest BCUT2D eigenvalue weighted by Gasteiger charge is 2.31. The average Bonchev–Trinajstić information content (AvgIpc) is 2.41. The highest BCUT2D eigenvalue weighted by molar-refractivity contribution is 4.88. The van der Waals surface area contributed by atoms with Crippen LogP contribution in [0.1, 0.15) is 40.0 Å². The molecule has 2 heterocycles. The lowest BCUT2D eigenvalue weighted by atomic mass is 9.91. The van der Waals surface area contributed by atoms with Gasteiger partial charge in [0.15, 0.2) is 0 Å². The van der Waals surface area contributed by atoms with Gasteiger partial charge in [0.2, 0.25) is 0 Å². The first kappa shape index (κ1) is 14.3. The summed E-state index contributed by atoms with van der Waals surface area (Å²) in [5.74, 6) is 0.802. The average molecular weight is 253 g/mol. The molecular weight excluding hydrogens is 222 g/mol. The van der Waals surface area contributed by atoms with Gasteiger partial charge in [-0.15, -0.1) is 0 Å². The molecule has 3 nitrogen and oxygen atoms in total. The predicted molar refractivity (Wildman–Crippen MR) is 78.0 cm³/mol. The van der Waals surface area contributed by atoms with Crippen LogP contribution in [0.25, 0.3) is 0 Å². The van der Waals surface area contributed by atoms with Crippen LogP contribution in [0.4, 0.5) is 0 Å². The molecule has 18 heavy (non-hydrogen) atoms. The third kappa shape index (κ3) is 3.46. The number of likely N-dealkylation sites (N-methyl/N-ethyl adjacent to an activating group) is 1. The maximum absolute atomic E-state index is 3.64. The molecule has 3 heteroatoms. The van der Waals surface area contributed by atoms with Crippen LogP contribution in [-0.2, 0) is 0 Å². The Morgan fingerprint density at radius 1 is 1.11 bits per heavy atom. The summed E-state index contributed by atoms with van der Waals surface area (Å²) in [6.07, 6.45) is 4.13. The Bertz CT molecular complexity index is 244. The van der Waals surface area contributed by atoms with Gasteiger partial charge in [-0.2, -0.15) is 0 Å². The van der Waals surface area contributed by atoms with Crippen molar-refractivity contribution >= 4 is 0 Å². The van der Waals surface area contributed by atoms with Crippen LogP contribution >= 0.6 is 0 Å². The summed E-state index contributed by atoms with van der Waals surface area (Å²) in [5, 5.41) is 3.64. The van der Waals surface area contributed by atoms with E-state index in [4.69, 9.17) is 0 Å². The molecule has 0 amide bonds. The lowest BCUT2D eigenvalue weighted by Gasteiger charge is -2.44. The van der Waals surface area contributed by atoms with Gasteiger partial charge >= 0.3 is 0 Å². The maximum Gasteiger partial charge on any atom is 0.0223 e. The summed E-state index contributed by atoms with van der Waals surface area (Å²) in [4.78, 5) is 5.38. The van der Waals surface area contributed by atoms with E-state index in [1.807, 2.05) is 0 Å². The standard InChI is InChI=1S/C15H31N3/c1-4-16-15-8-10-18(11-13(15)3)14-7-6-9-17(5-2)12-14/h13-16H,4-12H2,1-3H3. The highest BCUT2D eigenvalue weighted by Crippen LogP contribution is 2.23. The second-order valence-corrected chi connectivity index (χ2v) is 6.11. The van der Waals surface area contributed by atoms with Gasteiger partial charge in [0.1, 0.15) is 0 Å². The van der Waals surface area contributed by atoms with Crippen molar-refractivity contribution in [1.82, 2.24) is 15.1 Å². The number of hydrogen-bond donors (Lipinski definition) is 1. The fourth-order valence-electron chi connectivity index (χ4n) is 3.69. The second-order valence-electron chi connectivity index (χ2n) is 6.11. The minimum absolute atomic E-state index is 0.747. The summed E-state index contributed by atoms with van der Waals surface area (Å²) < 4.78 is 0. The molecule has 0 aromatic carbocycles. The monoisotopic (exact) mass is 253 g/mol. The number of likely N-dealkylation sites (tertiary alicyclic amines) is 2. The van der Waals surface area contributed by atoms with Crippen LogP contribution in [0.15, 0.2) is 0 Å². The first-order valence-electron chi connectivity index (χ1n) is 7.94. The Morgan fingerprint density at radius 2 is 1.94 bits per heavy atom. The number of piperidine rings is 2. The molecule has 0 spiro atoms. The van der Waals surface area contributed by atoms with Gasteiger partial charge in [0, 0.05) is 25.2 Å². The van der Waals surface area contributed by atoms with Crippen LogP contribution in [0.2, 0.25) is 0 Å². The van der Waals surface area contributed by atoms with Crippen molar-refractivity contribution in [3.63, 3.8) is 0 Å². The van der Waals surface area contributed by atoms with Crippen molar-refractivity contribution in [2.24, 2.45) is 5.92 Å². The molecule has 2 aliphatic rings. The van der Waals surface area contributed by atoms with E-state index in [1.165, 1.54) is 52.0 Å². The number of hydrogen-bond acceptors (Lipinski definition) is 3. The zero-order valence-corrected chi connectivity index (χ0v) is 12.5. The molecule has 0 saturated carbocycles. The van der Waals surface area contributed by atoms with Crippen molar-refractivity contribution in [1.29, 1.82) is 0 Å². The second kappa shape index (κ2) is 6.88. The first-order valence-corrected chi connectivity index (χ1v) is 7.94. The van der Waals surface area contributed by atoms with E-state index in [1.54, 1.807) is 0 Å². The Labute approximate surface area is 113 Å².